The Morgan fingerprint density at radius 1 is 0.848 bits per heavy atom. The molecular formula is C20H29NO12. The highest BCUT2D eigenvalue weighted by atomic mass is 16.7. The van der Waals surface area contributed by atoms with Gasteiger partial charge in [0.25, 0.3) is 0 Å². The minimum Gasteiger partial charge on any atom is -0.462 e. The first-order valence-corrected chi connectivity index (χ1v) is 10.3. The minimum atomic E-state index is -1.75. The van der Waals surface area contributed by atoms with Crippen molar-refractivity contribution in [2.75, 3.05) is 18.5 Å². The molecule has 0 saturated carbocycles. The fraction of sp³-hybridized carbons (Fsp3) is 0.650. The third-order valence-electron chi connectivity index (χ3n) is 5.39. The molecule has 1 aromatic rings. The van der Waals surface area contributed by atoms with E-state index in [1.165, 1.54) is 19.1 Å². The van der Waals surface area contributed by atoms with Crippen molar-refractivity contribution < 1.29 is 59.5 Å². The highest BCUT2D eigenvalue weighted by Crippen LogP contribution is 2.30. The van der Waals surface area contributed by atoms with Gasteiger partial charge in [0.2, 0.25) is 12.2 Å². The van der Waals surface area contributed by atoms with E-state index in [-0.39, 0.29) is 11.7 Å². The molecule has 1 amide bonds. The number of hydrogen-bond donors (Lipinski definition) is 8. The maximum absolute atomic E-state index is 11.1. The van der Waals surface area contributed by atoms with Crippen molar-refractivity contribution in [3.05, 3.63) is 24.3 Å². The van der Waals surface area contributed by atoms with Crippen LogP contribution in [-0.4, -0.2) is 116 Å². The highest BCUT2D eigenvalue weighted by molar-refractivity contribution is 5.88. The Hall–Kier alpha value is -1.91. The van der Waals surface area contributed by atoms with E-state index < -0.39 is 74.6 Å². The number of anilines is 1. The van der Waals surface area contributed by atoms with E-state index in [2.05, 4.69) is 5.32 Å². The van der Waals surface area contributed by atoms with E-state index in [4.69, 9.17) is 18.9 Å². The number of carbonyl (C=O) groups excluding carboxylic acids is 1. The Morgan fingerprint density at radius 3 is 2.00 bits per heavy atom. The van der Waals surface area contributed by atoms with Crippen LogP contribution in [0.25, 0.3) is 0 Å². The first-order valence-electron chi connectivity index (χ1n) is 10.3. The maximum atomic E-state index is 11.1. The van der Waals surface area contributed by atoms with E-state index >= 15 is 0 Å². The van der Waals surface area contributed by atoms with Gasteiger partial charge in [0, 0.05) is 12.6 Å². The van der Waals surface area contributed by atoms with E-state index in [9.17, 15) is 40.5 Å². The zero-order chi connectivity index (χ0) is 24.3. The lowest BCUT2D eigenvalue weighted by Gasteiger charge is -2.45. The van der Waals surface area contributed by atoms with Crippen molar-refractivity contribution in [1.29, 1.82) is 0 Å². The van der Waals surface area contributed by atoms with Crippen molar-refractivity contribution >= 4 is 11.6 Å². The molecule has 13 heteroatoms. The summed E-state index contributed by atoms with van der Waals surface area (Å²) in [6, 6.07) is 6.10. The van der Waals surface area contributed by atoms with Gasteiger partial charge >= 0.3 is 0 Å². The van der Waals surface area contributed by atoms with Crippen LogP contribution in [0.15, 0.2) is 24.3 Å². The molecule has 0 aromatic heterocycles. The largest absolute Gasteiger partial charge is 0.462 e. The zero-order valence-electron chi connectivity index (χ0n) is 17.7. The summed E-state index contributed by atoms with van der Waals surface area (Å²) in [6.45, 7) is 0.000118. The van der Waals surface area contributed by atoms with Gasteiger partial charge in [-0.25, -0.2) is 0 Å². The van der Waals surface area contributed by atoms with Crippen molar-refractivity contribution in [2.24, 2.45) is 0 Å². The number of ether oxygens (including phenoxy) is 4. The normalized spacial score (nSPS) is 39.2. The Morgan fingerprint density at radius 2 is 1.42 bits per heavy atom. The van der Waals surface area contributed by atoms with Gasteiger partial charge in [0.05, 0.1) is 13.2 Å². The van der Waals surface area contributed by atoms with Crippen LogP contribution in [0, 0.1) is 0 Å². The lowest BCUT2D eigenvalue weighted by atomic mass is 9.97. The first-order chi connectivity index (χ1) is 15.7. The average molecular weight is 475 g/mol. The van der Waals surface area contributed by atoms with Crippen LogP contribution < -0.4 is 10.1 Å². The third-order valence-corrected chi connectivity index (χ3v) is 5.39. The molecule has 10 unspecified atom stereocenters. The molecule has 2 fully saturated rings. The number of rotatable bonds is 7. The van der Waals surface area contributed by atoms with Crippen LogP contribution in [0.1, 0.15) is 6.92 Å². The minimum absolute atomic E-state index is 0.241. The highest BCUT2D eigenvalue weighted by Gasteiger charge is 2.51. The lowest BCUT2D eigenvalue weighted by molar-refractivity contribution is -0.352. The van der Waals surface area contributed by atoms with Crippen molar-refractivity contribution in [3.63, 3.8) is 0 Å². The smallest absolute Gasteiger partial charge is 0.229 e. The molecule has 2 saturated heterocycles. The van der Waals surface area contributed by atoms with Crippen LogP contribution in [0.5, 0.6) is 5.75 Å². The zero-order valence-corrected chi connectivity index (χ0v) is 17.7. The summed E-state index contributed by atoms with van der Waals surface area (Å²) in [5.41, 5.74) is 0.515. The number of hydrogen-bond acceptors (Lipinski definition) is 12. The fourth-order valence-corrected chi connectivity index (χ4v) is 3.61. The van der Waals surface area contributed by atoms with Crippen molar-refractivity contribution in [2.45, 2.75) is 68.3 Å². The Kier molecular flexibility index (Phi) is 8.58. The van der Waals surface area contributed by atoms with Crippen LogP contribution >= 0.6 is 0 Å². The molecule has 10 atom stereocenters. The average Bonchev–Trinajstić information content (AvgIpc) is 2.79. The molecule has 8 N–H and O–H groups in total. The summed E-state index contributed by atoms with van der Waals surface area (Å²) < 4.78 is 21.8. The summed E-state index contributed by atoms with van der Waals surface area (Å²) in [6.07, 6.45) is -15.3. The van der Waals surface area contributed by atoms with Gasteiger partial charge in [0.1, 0.15) is 54.6 Å². The number of nitrogens with one attached hydrogen (secondary N) is 1. The van der Waals surface area contributed by atoms with Gasteiger partial charge in [-0.1, -0.05) is 0 Å². The number of aliphatic hydroxyl groups excluding tert-OH is 7. The van der Waals surface area contributed by atoms with Crippen LogP contribution in [0.4, 0.5) is 5.69 Å². The second-order valence-electron chi connectivity index (χ2n) is 7.83. The van der Waals surface area contributed by atoms with Gasteiger partial charge in [-0.05, 0) is 24.3 Å². The number of aliphatic hydroxyl groups is 7. The first kappa shape index (κ1) is 25.7. The topological polar surface area (TPSA) is 208 Å². The molecule has 0 bridgehead atoms. The summed E-state index contributed by atoms with van der Waals surface area (Å²) in [5, 5.41) is 72.6. The number of benzene rings is 1. The van der Waals surface area contributed by atoms with Crippen LogP contribution in [0.2, 0.25) is 0 Å². The molecule has 2 aliphatic heterocycles. The molecule has 13 nitrogen and oxygen atoms in total. The number of carbonyl (C=O) groups is 1. The van der Waals surface area contributed by atoms with E-state index in [1.807, 2.05) is 0 Å². The quantitative estimate of drug-likeness (QED) is 0.195. The fourth-order valence-electron chi connectivity index (χ4n) is 3.61. The molecule has 0 aliphatic carbocycles. The maximum Gasteiger partial charge on any atom is 0.229 e. The molecule has 33 heavy (non-hydrogen) atoms. The summed E-state index contributed by atoms with van der Waals surface area (Å²) in [7, 11) is 0. The lowest BCUT2D eigenvalue weighted by Crippen LogP contribution is -2.65. The summed E-state index contributed by atoms with van der Waals surface area (Å²) in [5.74, 6) is -0.0144. The molecule has 0 radical (unpaired) electrons. The SMILES string of the molecule is CC(=O)Nc1ccc(OC2OC(CO)C(OC3OC(CO)C(O)C(O)C3O)C(O)C2O)cc1. The monoisotopic (exact) mass is 475 g/mol. The number of amides is 1. The summed E-state index contributed by atoms with van der Waals surface area (Å²) >= 11 is 0. The van der Waals surface area contributed by atoms with Gasteiger partial charge < -0.3 is 60.0 Å². The van der Waals surface area contributed by atoms with Gasteiger partial charge in [-0.3, -0.25) is 4.79 Å². The van der Waals surface area contributed by atoms with Crippen LogP contribution in [-0.2, 0) is 19.0 Å². The second-order valence-corrected chi connectivity index (χ2v) is 7.83. The van der Waals surface area contributed by atoms with E-state index in [0.29, 0.717) is 5.69 Å². The Balaban J connectivity index is 1.68. The molecule has 2 aliphatic rings. The van der Waals surface area contributed by atoms with Gasteiger partial charge in [0.15, 0.2) is 6.29 Å². The molecular weight excluding hydrogens is 446 g/mol. The second kappa shape index (κ2) is 11.0. The Labute approximate surface area is 188 Å². The molecule has 0 spiro atoms. The van der Waals surface area contributed by atoms with E-state index in [1.54, 1.807) is 12.1 Å². The Bertz CT molecular complexity index is 775. The molecule has 186 valence electrons. The van der Waals surface area contributed by atoms with E-state index in [0.717, 1.165) is 0 Å². The van der Waals surface area contributed by atoms with Gasteiger partial charge in [-0.15, -0.1) is 0 Å². The third kappa shape index (κ3) is 5.78. The molecule has 3 rings (SSSR count). The van der Waals surface area contributed by atoms with Crippen LogP contribution in [0.3, 0.4) is 0 Å². The summed E-state index contributed by atoms with van der Waals surface area (Å²) in [4.78, 5) is 11.1. The van der Waals surface area contributed by atoms with Crippen molar-refractivity contribution in [3.8, 4) is 5.75 Å². The van der Waals surface area contributed by atoms with Crippen molar-refractivity contribution in [1.82, 2.24) is 0 Å². The predicted molar refractivity (Wildman–Crippen MR) is 108 cm³/mol. The molecule has 1 aromatic carbocycles. The molecule has 2 heterocycles. The van der Waals surface area contributed by atoms with Gasteiger partial charge in [-0.2, -0.15) is 0 Å². The standard InChI is InChI=1S/C20H29NO12/c1-8(24)21-9-2-4-10(5-3-9)30-19-17(29)15(27)18(12(7-23)32-19)33-20-16(28)14(26)13(25)11(6-22)31-20/h2-5,11-20,22-23,25-29H,6-7H2,1H3,(H,21,24). The predicted octanol–water partition coefficient (Wildman–Crippen LogP) is -3.35.